The average molecular weight is 503 g/mol. The highest BCUT2D eigenvalue weighted by Crippen LogP contribution is 2.33. The molecule has 0 aliphatic heterocycles. The van der Waals surface area contributed by atoms with E-state index in [0.29, 0.717) is 37.3 Å². The molecule has 24 heavy (non-hydrogen) atoms. The van der Waals surface area contributed by atoms with E-state index in [4.69, 9.17) is 9.47 Å². The molecule has 1 heterocycles. The number of aromatic nitrogens is 2. The monoisotopic (exact) mass is 502 g/mol. The van der Waals surface area contributed by atoms with Gasteiger partial charge in [-0.2, -0.15) is 4.98 Å². The molecule has 0 unspecified atom stereocenters. The lowest BCUT2D eigenvalue weighted by molar-refractivity contribution is 0.296. The lowest BCUT2D eigenvalue weighted by Crippen LogP contribution is -2.02. The van der Waals surface area contributed by atoms with Crippen molar-refractivity contribution in [2.24, 2.45) is 0 Å². The van der Waals surface area contributed by atoms with E-state index in [9.17, 15) is 4.39 Å². The molecule has 0 saturated carbocycles. The molecule has 2 aromatic carbocycles. The molecule has 0 spiro atoms. The van der Waals surface area contributed by atoms with Gasteiger partial charge in [0, 0.05) is 0 Å². The minimum absolute atomic E-state index is 0.331. The molecule has 7 heteroatoms. The van der Waals surface area contributed by atoms with E-state index < -0.39 is 0 Å². The summed E-state index contributed by atoms with van der Waals surface area (Å²) in [6, 6.07) is 9.24. The summed E-state index contributed by atoms with van der Waals surface area (Å²) < 4.78 is 25.9. The van der Waals surface area contributed by atoms with Crippen LogP contribution in [-0.2, 0) is 6.61 Å². The Labute approximate surface area is 160 Å². The minimum Gasteiger partial charge on any atom is -0.497 e. The van der Waals surface area contributed by atoms with Crippen LogP contribution in [0, 0.1) is 16.3 Å². The number of halogens is 3. The molecule has 0 atom stereocenters. The predicted octanol–water partition coefficient (Wildman–Crippen LogP) is 5.03. The number of aryl methyl sites for hydroxylation is 1. The van der Waals surface area contributed by atoms with E-state index in [1.807, 2.05) is 46.9 Å². The molecule has 0 radical (unpaired) electrons. The maximum absolute atomic E-state index is 14.1. The van der Waals surface area contributed by atoms with Crippen LogP contribution < -0.4 is 9.47 Å². The highest BCUT2D eigenvalue weighted by molar-refractivity contribution is 14.1. The molecule has 0 bridgehead atoms. The first kappa shape index (κ1) is 17.3. The highest BCUT2D eigenvalue weighted by Gasteiger charge is 2.16. The zero-order valence-electron chi connectivity index (χ0n) is 12.9. The van der Waals surface area contributed by atoms with Gasteiger partial charge < -0.3 is 9.47 Å². The molecule has 124 valence electrons. The first-order chi connectivity index (χ1) is 11.5. The number of nitrogens with zero attached hydrogens (tertiary/aromatic N) is 2. The molecule has 3 rings (SSSR count). The van der Waals surface area contributed by atoms with E-state index in [1.54, 1.807) is 20.1 Å². The minimum atomic E-state index is -0.331. The number of methoxy groups -OCH3 is 1. The lowest BCUT2D eigenvalue weighted by atomic mass is 10.2. The largest absolute Gasteiger partial charge is 0.497 e. The lowest BCUT2D eigenvalue weighted by Gasteiger charge is -2.11. The van der Waals surface area contributed by atoms with Gasteiger partial charge >= 0.3 is 0 Å². The standard InChI is InChI=1S/C17H13BrFIN2O2/c1-9-21-16-12(7-13(18)14(19)15(16)20)17(22-9)24-8-10-3-5-11(23-2)6-4-10/h3-7H,8H2,1-2H3. The third-order valence-electron chi connectivity index (χ3n) is 3.44. The SMILES string of the molecule is COc1ccc(COc2nc(C)nc3c(I)c(F)c(Br)cc23)cc1. The molecule has 0 aliphatic carbocycles. The van der Waals surface area contributed by atoms with Gasteiger partial charge in [0.2, 0.25) is 5.88 Å². The van der Waals surface area contributed by atoms with E-state index in [0.717, 1.165) is 11.3 Å². The molecular formula is C17H13BrFIN2O2. The van der Waals surface area contributed by atoms with Crippen molar-refractivity contribution < 1.29 is 13.9 Å². The van der Waals surface area contributed by atoms with Crippen LogP contribution in [0.25, 0.3) is 10.9 Å². The summed E-state index contributed by atoms with van der Waals surface area (Å²) in [6.45, 7) is 2.11. The quantitative estimate of drug-likeness (QED) is 0.370. The van der Waals surface area contributed by atoms with Gasteiger partial charge in [0.15, 0.2) is 5.82 Å². The van der Waals surface area contributed by atoms with Crippen LogP contribution in [0.5, 0.6) is 11.6 Å². The van der Waals surface area contributed by atoms with Gasteiger partial charge in [-0.1, -0.05) is 12.1 Å². The summed E-state index contributed by atoms with van der Waals surface area (Å²) in [4.78, 5) is 8.70. The fourth-order valence-corrected chi connectivity index (χ4v) is 3.73. The summed E-state index contributed by atoms with van der Waals surface area (Å²) in [5, 5.41) is 0.673. The van der Waals surface area contributed by atoms with Crippen molar-refractivity contribution in [2.45, 2.75) is 13.5 Å². The summed E-state index contributed by atoms with van der Waals surface area (Å²) in [5.41, 5.74) is 1.53. The van der Waals surface area contributed by atoms with Gasteiger partial charge in [-0.15, -0.1) is 0 Å². The number of rotatable bonds is 4. The van der Waals surface area contributed by atoms with Crippen LogP contribution in [0.3, 0.4) is 0 Å². The molecule has 0 aliphatic rings. The summed E-state index contributed by atoms with van der Waals surface area (Å²) in [6.07, 6.45) is 0. The Morgan fingerprint density at radius 1 is 1.21 bits per heavy atom. The molecule has 4 nitrogen and oxygen atoms in total. The van der Waals surface area contributed by atoms with Crippen molar-refractivity contribution in [1.29, 1.82) is 0 Å². The van der Waals surface area contributed by atoms with Crippen LogP contribution >= 0.6 is 38.5 Å². The predicted molar refractivity (Wildman–Crippen MR) is 102 cm³/mol. The number of benzene rings is 2. The maximum Gasteiger partial charge on any atom is 0.225 e. The van der Waals surface area contributed by atoms with Crippen molar-refractivity contribution in [1.82, 2.24) is 9.97 Å². The Hall–Kier alpha value is -1.48. The Balaban J connectivity index is 1.96. The second-order valence-corrected chi connectivity index (χ2v) is 7.03. The Morgan fingerprint density at radius 2 is 1.92 bits per heavy atom. The van der Waals surface area contributed by atoms with E-state index in [2.05, 4.69) is 25.9 Å². The zero-order chi connectivity index (χ0) is 17.3. The zero-order valence-corrected chi connectivity index (χ0v) is 16.7. The third kappa shape index (κ3) is 3.46. The van der Waals surface area contributed by atoms with Gasteiger partial charge in [-0.3, -0.25) is 0 Å². The second kappa shape index (κ2) is 7.18. The summed E-state index contributed by atoms with van der Waals surface area (Å²) >= 11 is 5.17. The first-order valence-corrected chi connectivity index (χ1v) is 8.94. The van der Waals surface area contributed by atoms with Gasteiger partial charge in [0.05, 0.1) is 26.1 Å². The topological polar surface area (TPSA) is 44.2 Å². The van der Waals surface area contributed by atoms with E-state index in [-0.39, 0.29) is 5.82 Å². The van der Waals surface area contributed by atoms with Crippen LogP contribution in [0.2, 0.25) is 0 Å². The van der Waals surface area contributed by atoms with E-state index in [1.165, 1.54) is 0 Å². The summed E-state index contributed by atoms with van der Waals surface area (Å²) in [5.74, 6) is 1.43. The van der Waals surface area contributed by atoms with Gasteiger partial charge in [0.1, 0.15) is 18.2 Å². The summed E-state index contributed by atoms with van der Waals surface area (Å²) in [7, 11) is 1.62. The molecule has 3 aromatic rings. The number of hydrogen-bond acceptors (Lipinski definition) is 4. The smallest absolute Gasteiger partial charge is 0.225 e. The van der Waals surface area contributed by atoms with Gasteiger partial charge in [-0.25, -0.2) is 9.37 Å². The molecule has 0 saturated heterocycles. The van der Waals surface area contributed by atoms with Gasteiger partial charge in [-0.05, 0) is 69.2 Å². The number of hydrogen-bond donors (Lipinski definition) is 0. The van der Waals surface area contributed by atoms with Crippen LogP contribution in [0.15, 0.2) is 34.8 Å². The molecule has 1 aromatic heterocycles. The molecule has 0 amide bonds. The molecular weight excluding hydrogens is 490 g/mol. The number of fused-ring (bicyclic) bond motifs is 1. The average Bonchev–Trinajstić information content (AvgIpc) is 2.59. The van der Waals surface area contributed by atoms with Crippen molar-refractivity contribution in [2.75, 3.05) is 7.11 Å². The maximum atomic E-state index is 14.1. The normalized spacial score (nSPS) is 10.9. The first-order valence-electron chi connectivity index (χ1n) is 7.07. The Morgan fingerprint density at radius 3 is 2.58 bits per heavy atom. The molecule has 0 fully saturated rings. The van der Waals surface area contributed by atoms with E-state index >= 15 is 0 Å². The second-order valence-electron chi connectivity index (χ2n) is 5.10. The van der Waals surface area contributed by atoms with Gasteiger partial charge in [0.25, 0.3) is 0 Å². The van der Waals surface area contributed by atoms with Crippen LogP contribution in [0.4, 0.5) is 4.39 Å². The molecule has 0 N–H and O–H groups in total. The Kier molecular flexibility index (Phi) is 5.19. The van der Waals surface area contributed by atoms with Crippen molar-refractivity contribution in [3.8, 4) is 11.6 Å². The fraction of sp³-hybridized carbons (Fsp3) is 0.176. The number of ether oxygens (including phenoxy) is 2. The van der Waals surface area contributed by atoms with Crippen LogP contribution in [0.1, 0.15) is 11.4 Å². The fourth-order valence-electron chi connectivity index (χ4n) is 2.24. The van der Waals surface area contributed by atoms with Crippen LogP contribution in [-0.4, -0.2) is 17.1 Å². The van der Waals surface area contributed by atoms with Crippen molar-refractivity contribution in [3.63, 3.8) is 0 Å². The van der Waals surface area contributed by atoms with Crippen molar-refractivity contribution in [3.05, 3.63) is 55.6 Å². The highest BCUT2D eigenvalue weighted by atomic mass is 127. The third-order valence-corrected chi connectivity index (χ3v) is 5.00. The van der Waals surface area contributed by atoms with Crippen molar-refractivity contribution >= 4 is 49.4 Å². The Bertz CT molecular complexity index is 903.